The normalized spacial score (nSPS) is 10.1. The van der Waals surface area contributed by atoms with Gasteiger partial charge in [0.25, 0.3) is 5.91 Å². The van der Waals surface area contributed by atoms with E-state index in [0.717, 1.165) is 17.1 Å². The molecule has 2 aromatic rings. The monoisotopic (exact) mass is 329 g/mol. The summed E-state index contributed by atoms with van der Waals surface area (Å²) in [5, 5.41) is 4.26. The Kier molecular flexibility index (Phi) is 5.36. The standard InChI is InChI=1S/C17H19N3O4/c1-11-9-14(12(2)20(11)13-7-5-4-6-8-13)16(22)24-10-15(21)19-17(23)18-3/h4-9H,10H2,1-3H3,(H2,18,19,21,23). The predicted octanol–water partition coefficient (Wildman–Crippen LogP) is 1.71. The zero-order chi connectivity index (χ0) is 17.7. The number of nitrogens with one attached hydrogen (secondary N) is 2. The third-order valence-electron chi connectivity index (χ3n) is 3.48. The summed E-state index contributed by atoms with van der Waals surface area (Å²) in [6.45, 7) is 3.16. The van der Waals surface area contributed by atoms with Crippen molar-refractivity contribution in [1.29, 1.82) is 0 Å². The van der Waals surface area contributed by atoms with Crippen LogP contribution in [0.25, 0.3) is 5.69 Å². The third kappa shape index (κ3) is 3.81. The molecule has 0 aliphatic carbocycles. The molecular weight excluding hydrogens is 310 g/mol. The number of rotatable bonds is 4. The lowest BCUT2D eigenvalue weighted by Crippen LogP contribution is -2.39. The molecule has 0 aliphatic rings. The second-order valence-electron chi connectivity index (χ2n) is 5.16. The van der Waals surface area contributed by atoms with E-state index < -0.39 is 24.5 Å². The van der Waals surface area contributed by atoms with Crippen LogP contribution in [-0.4, -0.2) is 36.1 Å². The molecule has 7 heteroatoms. The lowest BCUT2D eigenvalue weighted by atomic mass is 10.2. The summed E-state index contributed by atoms with van der Waals surface area (Å²) in [6, 6.07) is 10.7. The molecule has 0 unspecified atom stereocenters. The first kappa shape index (κ1) is 17.3. The third-order valence-corrected chi connectivity index (χ3v) is 3.48. The Morgan fingerprint density at radius 3 is 2.42 bits per heavy atom. The molecule has 126 valence electrons. The largest absolute Gasteiger partial charge is 0.452 e. The van der Waals surface area contributed by atoms with Gasteiger partial charge in [-0.1, -0.05) is 18.2 Å². The lowest BCUT2D eigenvalue weighted by molar-refractivity contribution is -0.123. The molecule has 0 atom stereocenters. The first-order chi connectivity index (χ1) is 11.4. The smallest absolute Gasteiger partial charge is 0.340 e. The Morgan fingerprint density at radius 1 is 1.12 bits per heavy atom. The number of hydrogen-bond acceptors (Lipinski definition) is 4. The molecule has 3 amide bonds. The fraction of sp³-hybridized carbons (Fsp3) is 0.235. The minimum absolute atomic E-state index is 0.379. The molecule has 1 aromatic carbocycles. The fourth-order valence-corrected chi connectivity index (χ4v) is 2.38. The number of carbonyl (C=O) groups is 3. The molecule has 2 N–H and O–H groups in total. The van der Waals surface area contributed by atoms with Gasteiger partial charge in [0.15, 0.2) is 6.61 Å². The van der Waals surface area contributed by atoms with Crippen LogP contribution in [0.1, 0.15) is 21.7 Å². The molecule has 0 fully saturated rings. The van der Waals surface area contributed by atoms with Crippen LogP contribution in [0, 0.1) is 13.8 Å². The van der Waals surface area contributed by atoms with Crippen molar-refractivity contribution < 1.29 is 19.1 Å². The number of nitrogens with zero attached hydrogens (tertiary/aromatic N) is 1. The van der Waals surface area contributed by atoms with Gasteiger partial charge < -0.3 is 14.6 Å². The van der Waals surface area contributed by atoms with Crippen LogP contribution in [0.3, 0.4) is 0 Å². The lowest BCUT2D eigenvalue weighted by Gasteiger charge is -2.09. The summed E-state index contributed by atoms with van der Waals surface area (Å²) in [5.74, 6) is -1.31. The molecule has 0 bridgehead atoms. The van der Waals surface area contributed by atoms with Gasteiger partial charge in [-0.15, -0.1) is 0 Å². The Morgan fingerprint density at radius 2 is 1.79 bits per heavy atom. The van der Waals surface area contributed by atoms with E-state index in [4.69, 9.17) is 4.74 Å². The highest BCUT2D eigenvalue weighted by molar-refractivity contribution is 5.97. The number of carbonyl (C=O) groups excluding carboxylic acids is 3. The number of ether oxygens (including phenoxy) is 1. The number of urea groups is 1. The summed E-state index contributed by atoms with van der Waals surface area (Å²) in [5.41, 5.74) is 2.91. The van der Waals surface area contributed by atoms with Crippen molar-refractivity contribution in [2.45, 2.75) is 13.8 Å². The second kappa shape index (κ2) is 7.45. The number of para-hydroxylation sites is 1. The molecular formula is C17H19N3O4. The summed E-state index contributed by atoms with van der Waals surface area (Å²) >= 11 is 0. The summed E-state index contributed by atoms with van der Waals surface area (Å²) in [7, 11) is 1.38. The number of amides is 3. The topological polar surface area (TPSA) is 89.4 Å². The van der Waals surface area contributed by atoms with Gasteiger partial charge in [-0.2, -0.15) is 0 Å². The summed E-state index contributed by atoms with van der Waals surface area (Å²) in [6.07, 6.45) is 0. The van der Waals surface area contributed by atoms with E-state index in [9.17, 15) is 14.4 Å². The quantitative estimate of drug-likeness (QED) is 0.836. The Labute approximate surface area is 139 Å². The van der Waals surface area contributed by atoms with E-state index in [1.807, 2.05) is 47.1 Å². The molecule has 0 spiro atoms. The molecule has 1 heterocycles. The van der Waals surface area contributed by atoms with E-state index >= 15 is 0 Å². The first-order valence-corrected chi connectivity index (χ1v) is 7.37. The Hall–Kier alpha value is -3.09. The van der Waals surface area contributed by atoms with Crippen LogP contribution in [0.2, 0.25) is 0 Å². The van der Waals surface area contributed by atoms with Crippen LogP contribution in [0.4, 0.5) is 4.79 Å². The molecule has 24 heavy (non-hydrogen) atoms. The Bertz CT molecular complexity index is 766. The maximum Gasteiger partial charge on any atom is 0.340 e. The van der Waals surface area contributed by atoms with Gasteiger partial charge in [0.05, 0.1) is 5.56 Å². The van der Waals surface area contributed by atoms with Crippen LogP contribution >= 0.6 is 0 Å². The number of aromatic nitrogens is 1. The molecule has 2 rings (SSSR count). The Balaban J connectivity index is 2.11. The van der Waals surface area contributed by atoms with Crippen LogP contribution in [0.15, 0.2) is 36.4 Å². The number of esters is 1. The predicted molar refractivity (Wildman–Crippen MR) is 88.1 cm³/mol. The van der Waals surface area contributed by atoms with E-state index in [-0.39, 0.29) is 0 Å². The average molecular weight is 329 g/mol. The van der Waals surface area contributed by atoms with Crippen LogP contribution < -0.4 is 10.6 Å². The van der Waals surface area contributed by atoms with Crippen molar-refractivity contribution in [1.82, 2.24) is 15.2 Å². The number of aryl methyl sites for hydroxylation is 1. The minimum atomic E-state index is -0.695. The van der Waals surface area contributed by atoms with Gasteiger partial charge in [-0.05, 0) is 32.0 Å². The van der Waals surface area contributed by atoms with Gasteiger partial charge in [-0.3, -0.25) is 10.1 Å². The second-order valence-corrected chi connectivity index (χ2v) is 5.16. The molecule has 1 aromatic heterocycles. The van der Waals surface area contributed by atoms with Crippen LogP contribution in [-0.2, 0) is 9.53 Å². The van der Waals surface area contributed by atoms with Gasteiger partial charge in [0.2, 0.25) is 0 Å². The van der Waals surface area contributed by atoms with Crippen molar-refractivity contribution in [3.63, 3.8) is 0 Å². The SMILES string of the molecule is CNC(=O)NC(=O)COC(=O)c1cc(C)n(-c2ccccc2)c1C. The highest BCUT2D eigenvalue weighted by Gasteiger charge is 2.19. The number of benzene rings is 1. The molecule has 0 aliphatic heterocycles. The van der Waals surface area contributed by atoms with Crippen molar-refractivity contribution in [3.8, 4) is 5.69 Å². The zero-order valence-corrected chi connectivity index (χ0v) is 13.8. The highest BCUT2D eigenvalue weighted by Crippen LogP contribution is 2.21. The summed E-state index contributed by atoms with van der Waals surface area (Å²) in [4.78, 5) is 34.7. The van der Waals surface area contributed by atoms with E-state index in [0.29, 0.717) is 5.56 Å². The molecule has 0 saturated heterocycles. The van der Waals surface area contributed by atoms with Crippen molar-refractivity contribution in [2.75, 3.05) is 13.7 Å². The van der Waals surface area contributed by atoms with Gasteiger partial charge in [0.1, 0.15) is 0 Å². The van der Waals surface area contributed by atoms with Gasteiger partial charge in [-0.25, -0.2) is 9.59 Å². The molecule has 0 saturated carbocycles. The maximum atomic E-state index is 12.2. The van der Waals surface area contributed by atoms with Crippen molar-refractivity contribution in [3.05, 3.63) is 53.3 Å². The van der Waals surface area contributed by atoms with E-state index in [2.05, 4.69) is 5.32 Å². The van der Waals surface area contributed by atoms with E-state index in [1.54, 1.807) is 13.0 Å². The number of hydrogen-bond donors (Lipinski definition) is 2. The molecule has 0 radical (unpaired) electrons. The minimum Gasteiger partial charge on any atom is -0.452 e. The highest BCUT2D eigenvalue weighted by atomic mass is 16.5. The molecule has 7 nitrogen and oxygen atoms in total. The van der Waals surface area contributed by atoms with Gasteiger partial charge >= 0.3 is 12.0 Å². The van der Waals surface area contributed by atoms with Gasteiger partial charge in [0, 0.05) is 24.1 Å². The van der Waals surface area contributed by atoms with Crippen molar-refractivity contribution in [2.24, 2.45) is 0 Å². The number of imide groups is 1. The maximum absolute atomic E-state index is 12.2. The average Bonchev–Trinajstić information content (AvgIpc) is 2.88. The van der Waals surface area contributed by atoms with Crippen molar-refractivity contribution >= 4 is 17.9 Å². The summed E-state index contributed by atoms with van der Waals surface area (Å²) < 4.78 is 6.91. The van der Waals surface area contributed by atoms with E-state index in [1.165, 1.54) is 7.05 Å². The first-order valence-electron chi connectivity index (χ1n) is 7.37. The fourth-order valence-electron chi connectivity index (χ4n) is 2.38. The van der Waals surface area contributed by atoms with Crippen LogP contribution in [0.5, 0.6) is 0 Å². The zero-order valence-electron chi connectivity index (χ0n) is 13.8.